The fraction of sp³-hybridized carbons (Fsp3) is 0.400. The number of carboxylic acid groups (broad SMARTS) is 1. The fourth-order valence-electron chi connectivity index (χ4n) is 0.535. The number of aromatic nitrogens is 2. The first-order chi connectivity index (χ1) is 5.70. The highest BCUT2D eigenvalue weighted by molar-refractivity contribution is 7.13. The third-order valence-electron chi connectivity index (χ3n) is 1.15. The van der Waals surface area contributed by atoms with E-state index < -0.39 is 12.0 Å². The molecule has 0 saturated carbocycles. The van der Waals surface area contributed by atoms with E-state index in [9.17, 15) is 4.79 Å². The van der Waals surface area contributed by atoms with Gasteiger partial charge >= 0.3 is 5.97 Å². The molecule has 0 aliphatic carbocycles. The Balaban J connectivity index is 2.31. The Morgan fingerprint density at radius 3 is 3.17 bits per heavy atom. The summed E-state index contributed by atoms with van der Waals surface area (Å²) >= 11 is 1.29. The molecule has 66 valence electrons. The van der Waals surface area contributed by atoms with Crippen LogP contribution in [0.2, 0.25) is 0 Å². The van der Waals surface area contributed by atoms with Gasteiger partial charge in [0.25, 0.3) is 0 Å². The zero-order chi connectivity index (χ0) is 8.97. The van der Waals surface area contributed by atoms with E-state index >= 15 is 0 Å². The second-order valence-corrected chi connectivity index (χ2v) is 2.90. The number of hydrogen-bond acceptors (Lipinski definition) is 6. The van der Waals surface area contributed by atoms with Gasteiger partial charge in [-0.25, -0.2) is 0 Å². The minimum atomic E-state index is -1.04. The van der Waals surface area contributed by atoms with Gasteiger partial charge in [-0.2, -0.15) is 0 Å². The summed E-state index contributed by atoms with van der Waals surface area (Å²) in [7, 11) is 0. The van der Waals surface area contributed by atoms with Crippen LogP contribution in [0.15, 0.2) is 5.51 Å². The first-order valence-corrected chi connectivity index (χ1v) is 4.06. The average molecular weight is 188 g/mol. The summed E-state index contributed by atoms with van der Waals surface area (Å²) in [5.41, 5.74) is 6.78. The summed E-state index contributed by atoms with van der Waals surface area (Å²) in [5, 5.41) is 19.0. The smallest absolute Gasteiger partial charge is 0.322 e. The molecule has 6 nitrogen and oxygen atoms in total. The second-order valence-electron chi connectivity index (χ2n) is 2.07. The second kappa shape index (κ2) is 3.98. The van der Waals surface area contributed by atoms with Crippen LogP contribution in [0.25, 0.3) is 0 Å². The van der Waals surface area contributed by atoms with Crippen molar-refractivity contribution < 1.29 is 9.90 Å². The SMILES string of the molecule is N[C@H](CNc1nncs1)C(=O)O. The van der Waals surface area contributed by atoms with Gasteiger partial charge in [-0.3, -0.25) is 4.79 Å². The standard InChI is InChI=1S/C5H8N4O2S/c6-3(4(10)11)1-7-5-9-8-2-12-5/h2-3H,1,6H2,(H,7,9)(H,10,11)/t3-/m1/s1. The molecule has 0 aromatic carbocycles. The van der Waals surface area contributed by atoms with Crippen LogP contribution >= 0.6 is 11.3 Å². The molecule has 0 radical (unpaired) electrons. The van der Waals surface area contributed by atoms with Crippen molar-refractivity contribution in [2.75, 3.05) is 11.9 Å². The first kappa shape index (κ1) is 8.88. The van der Waals surface area contributed by atoms with E-state index in [1.807, 2.05) is 0 Å². The Hall–Kier alpha value is -1.21. The lowest BCUT2D eigenvalue weighted by Gasteiger charge is -2.05. The molecular formula is C5H8N4O2S. The molecule has 1 aromatic heterocycles. The highest BCUT2D eigenvalue weighted by Crippen LogP contribution is 2.06. The number of nitrogens with one attached hydrogen (secondary N) is 1. The molecule has 0 saturated heterocycles. The van der Waals surface area contributed by atoms with Crippen LogP contribution in [0.3, 0.4) is 0 Å². The third kappa shape index (κ3) is 2.44. The molecule has 0 amide bonds. The fourth-order valence-corrected chi connectivity index (χ4v) is 0.990. The van der Waals surface area contributed by atoms with E-state index in [4.69, 9.17) is 10.8 Å². The van der Waals surface area contributed by atoms with Crippen LogP contribution in [-0.2, 0) is 4.79 Å². The molecular weight excluding hydrogens is 180 g/mol. The van der Waals surface area contributed by atoms with Crippen LogP contribution in [-0.4, -0.2) is 33.9 Å². The lowest BCUT2D eigenvalue weighted by Crippen LogP contribution is -2.36. The number of carbonyl (C=O) groups is 1. The van der Waals surface area contributed by atoms with Crippen LogP contribution in [0.5, 0.6) is 0 Å². The van der Waals surface area contributed by atoms with E-state index in [2.05, 4.69) is 15.5 Å². The van der Waals surface area contributed by atoms with Crippen molar-refractivity contribution in [1.82, 2.24) is 10.2 Å². The predicted molar refractivity (Wildman–Crippen MR) is 44.0 cm³/mol. The summed E-state index contributed by atoms with van der Waals surface area (Å²) in [4.78, 5) is 10.3. The van der Waals surface area contributed by atoms with E-state index in [0.29, 0.717) is 5.13 Å². The molecule has 1 heterocycles. The van der Waals surface area contributed by atoms with Gasteiger partial charge in [0.05, 0.1) is 0 Å². The van der Waals surface area contributed by atoms with Gasteiger partial charge in [-0.15, -0.1) is 10.2 Å². The van der Waals surface area contributed by atoms with Crippen molar-refractivity contribution in [2.45, 2.75) is 6.04 Å². The molecule has 1 aromatic rings. The Bertz CT molecular complexity index is 250. The molecule has 0 aliphatic heterocycles. The summed E-state index contributed by atoms with van der Waals surface area (Å²) < 4.78 is 0. The van der Waals surface area contributed by atoms with Crippen molar-refractivity contribution in [2.24, 2.45) is 5.73 Å². The molecule has 1 atom stereocenters. The quantitative estimate of drug-likeness (QED) is 0.581. The zero-order valence-corrected chi connectivity index (χ0v) is 6.91. The minimum Gasteiger partial charge on any atom is -0.480 e. The third-order valence-corrected chi connectivity index (χ3v) is 1.80. The highest BCUT2D eigenvalue weighted by Gasteiger charge is 2.10. The molecule has 0 aliphatic rings. The highest BCUT2D eigenvalue weighted by atomic mass is 32.1. The Morgan fingerprint density at radius 1 is 1.92 bits per heavy atom. The molecule has 0 fully saturated rings. The van der Waals surface area contributed by atoms with Crippen molar-refractivity contribution >= 4 is 22.4 Å². The lowest BCUT2D eigenvalue weighted by atomic mass is 10.3. The largest absolute Gasteiger partial charge is 0.480 e. The van der Waals surface area contributed by atoms with Crippen molar-refractivity contribution in [3.05, 3.63) is 5.51 Å². The number of nitrogens with zero attached hydrogens (tertiary/aromatic N) is 2. The summed E-state index contributed by atoms with van der Waals surface area (Å²) in [5.74, 6) is -1.04. The van der Waals surface area contributed by atoms with Gasteiger partial charge in [-0.1, -0.05) is 11.3 Å². The monoisotopic (exact) mass is 188 g/mol. The number of nitrogens with two attached hydrogens (primary N) is 1. The normalized spacial score (nSPS) is 12.4. The van der Waals surface area contributed by atoms with E-state index in [1.54, 1.807) is 5.51 Å². The Kier molecular flexibility index (Phi) is 2.94. The predicted octanol–water partition coefficient (Wildman–Crippen LogP) is -0.638. The maximum absolute atomic E-state index is 10.3. The van der Waals surface area contributed by atoms with Crippen molar-refractivity contribution in [1.29, 1.82) is 0 Å². The number of aliphatic carboxylic acids is 1. The summed E-state index contributed by atoms with van der Waals surface area (Å²) in [6, 6.07) is -0.908. The minimum absolute atomic E-state index is 0.157. The lowest BCUT2D eigenvalue weighted by molar-refractivity contribution is -0.138. The maximum atomic E-state index is 10.3. The van der Waals surface area contributed by atoms with Crippen LogP contribution in [0.1, 0.15) is 0 Å². The number of anilines is 1. The summed E-state index contributed by atoms with van der Waals surface area (Å²) in [6.45, 7) is 0.157. The first-order valence-electron chi connectivity index (χ1n) is 3.18. The number of hydrogen-bond donors (Lipinski definition) is 3. The Morgan fingerprint density at radius 2 is 2.67 bits per heavy atom. The van der Waals surface area contributed by atoms with Gasteiger partial charge in [0, 0.05) is 6.54 Å². The molecule has 7 heteroatoms. The molecule has 0 spiro atoms. The van der Waals surface area contributed by atoms with E-state index in [1.165, 1.54) is 11.3 Å². The number of carboxylic acids is 1. The van der Waals surface area contributed by atoms with Crippen LogP contribution < -0.4 is 11.1 Å². The average Bonchev–Trinajstić information content (AvgIpc) is 2.51. The maximum Gasteiger partial charge on any atom is 0.322 e. The van der Waals surface area contributed by atoms with E-state index in [0.717, 1.165) is 0 Å². The Labute approximate surface area is 72.4 Å². The molecule has 4 N–H and O–H groups in total. The molecule has 0 bridgehead atoms. The zero-order valence-electron chi connectivity index (χ0n) is 6.10. The van der Waals surface area contributed by atoms with Gasteiger partial charge < -0.3 is 16.2 Å². The van der Waals surface area contributed by atoms with Gasteiger partial charge in [0.15, 0.2) is 0 Å². The molecule has 12 heavy (non-hydrogen) atoms. The number of rotatable bonds is 4. The summed E-state index contributed by atoms with van der Waals surface area (Å²) in [6.07, 6.45) is 0. The van der Waals surface area contributed by atoms with Crippen molar-refractivity contribution in [3.8, 4) is 0 Å². The van der Waals surface area contributed by atoms with Crippen molar-refractivity contribution in [3.63, 3.8) is 0 Å². The van der Waals surface area contributed by atoms with Gasteiger partial charge in [-0.05, 0) is 0 Å². The topological polar surface area (TPSA) is 101 Å². The van der Waals surface area contributed by atoms with Crippen LogP contribution in [0, 0.1) is 0 Å². The van der Waals surface area contributed by atoms with Crippen LogP contribution in [0.4, 0.5) is 5.13 Å². The van der Waals surface area contributed by atoms with Gasteiger partial charge in [0.1, 0.15) is 11.6 Å². The molecule has 1 rings (SSSR count). The van der Waals surface area contributed by atoms with E-state index in [-0.39, 0.29) is 6.54 Å². The van der Waals surface area contributed by atoms with Gasteiger partial charge in [0.2, 0.25) is 5.13 Å². The molecule has 0 unspecified atom stereocenters.